The van der Waals surface area contributed by atoms with Crippen LogP contribution in [-0.2, 0) is 4.79 Å². The zero-order valence-electron chi connectivity index (χ0n) is 23.6. The van der Waals surface area contributed by atoms with Crippen LogP contribution >= 0.6 is 0 Å². The second-order valence-electron chi connectivity index (χ2n) is 11.8. The molecule has 3 aliphatic rings. The number of anilines is 2. The molecule has 3 aromatic carbocycles. The lowest BCUT2D eigenvalue weighted by Crippen LogP contribution is -2.46. The third-order valence-electron chi connectivity index (χ3n) is 9.44. The van der Waals surface area contributed by atoms with Gasteiger partial charge in [-0.1, -0.05) is 24.3 Å². The topological polar surface area (TPSA) is 75.8 Å². The minimum Gasteiger partial charge on any atom is -0.369 e. The third kappa shape index (κ3) is 4.76. The maximum Gasteiger partial charge on any atom is 0.253 e. The summed E-state index contributed by atoms with van der Waals surface area (Å²) in [5, 5.41) is 8.24. The van der Waals surface area contributed by atoms with Gasteiger partial charge in [-0.05, 0) is 79.9 Å². The standard InChI is InChI=1S/C33H36N6O2/c1-36-17-19-37(20-18-36)28-9-7-24(8-10-28)31(40)38-14-11-33(12-15-38)13-16-39(32(33)41)29-4-2-3-25(21-29)26-5-6-27-23-34-35-30(27)22-26/h2-10,21-23H,11-20H2,1H3,(H,34,35). The van der Waals surface area contributed by atoms with Gasteiger partial charge in [0, 0.05) is 68.1 Å². The first-order valence-corrected chi connectivity index (χ1v) is 14.7. The molecule has 0 unspecified atom stereocenters. The molecule has 3 aliphatic heterocycles. The van der Waals surface area contributed by atoms with Gasteiger partial charge < -0.3 is 19.6 Å². The SMILES string of the molecule is CN1CCN(c2ccc(C(=O)N3CCC4(CC3)CCN(c3cccc(-c5ccc6cn[nH]c6c5)c3)C4=O)cc2)CC1. The first-order chi connectivity index (χ1) is 20.0. The van der Waals surface area contributed by atoms with Crippen molar-refractivity contribution in [3.8, 4) is 11.1 Å². The largest absolute Gasteiger partial charge is 0.369 e. The van der Waals surface area contributed by atoms with Crippen molar-refractivity contribution in [1.29, 1.82) is 0 Å². The van der Waals surface area contributed by atoms with E-state index in [1.165, 1.54) is 5.69 Å². The Hall–Kier alpha value is -4.17. The summed E-state index contributed by atoms with van der Waals surface area (Å²) in [5.41, 5.74) is 5.62. The number of nitrogens with zero attached hydrogens (tertiary/aromatic N) is 5. The molecule has 0 aliphatic carbocycles. The number of hydrogen-bond donors (Lipinski definition) is 1. The summed E-state index contributed by atoms with van der Waals surface area (Å²) in [6, 6.07) is 22.6. The molecular formula is C33H36N6O2. The maximum absolute atomic E-state index is 13.8. The van der Waals surface area contributed by atoms with Gasteiger partial charge in [0.25, 0.3) is 5.91 Å². The molecular weight excluding hydrogens is 512 g/mol. The molecule has 3 fully saturated rings. The van der Waals surface area contributed by atoms with Crippen LogP contribution < -0.4 is 9.80 Å². The van der Waals surface area contributed by atoms with Crippen LogP contribution in [0.3, 0.4) is 0 Å². The average Bonchev–Trinajstić information content (AvgIpc) is 3.62. The summed E-state index contributed by atoms with van der Waals surface area (Å²) in [6.07, 6.45) is 4.08. The van der Waals surface area contributed by atoms with Crippen molar-refractivity contribution in [2.24, 2.45) is 5.41 Å². The Kier molecular flexibility index (Phi) is 6.50. The van der Waals surface area contributed by atoms with Gasteiger partial charge in [0.2, 0.25) is 5.91 Å². The van der Waals surface area contributed by atoms with E-state index < -0.39 is 0 Å². The molecule has 1 spiro atoms. The quantitative estimate of drug-likeness (QED) is 0.402. The average molecular weight is 549 g/mol. The molecule has 3 saturated heterocycles. The summed E-state index contributed by atoms with van der Waals surface area (Å²) >= 11 is 0. The lowest BCUT2D eigenvalue weighted by Gasteiger charge is -2.38. The molecule has 1 N–H and O–H groups in total. The van der Waals surface area contributed by atoms with E-state index >= 15 is 0 Å². The second-order valence-corrected chi connectivity index (χ2v) is 11.8. The number of fused-ring (bicyclic) bond motifs is 1. The molecule has 7 rings (SSSR count). The van der Waals surface area contributed by atoms with Crippen LogP contribution in [0.4, 0.5) is 11.4 Å². The number of rotatable bonds is 4. The molecule has 2 amide bonds. The van der Waals surface area contributed by atoms with E-state index in [0.717, 1.165) is 65.9 Å². The number of aromatic nitrogens is 2. The first kappa shape index (κ1) is 25.8. The number of piperazine rings is 1. The van der Waals surface area contributed by atoms with Gasteiger partial charge in [0.15, 0.2) is 0 Å². The molecule has 1 aromatic heterocycles. The lowest BCUT2D eigenvalue weighted by molar-refractivity contribution is -0.127. The number of carbonyl (C=O) groups is 2. The van der Waals surface area contributed by atoms with Crippen LogP contribution in [0.25, 0.3) is 22.0 Å². The van der Waals surface area contributed by atoms with Crippen LogP contribution in [0.1, 0.15) is 29.6 Å². The van der Waals surface area contributed by atoms with Crippen molar-refractivity contribution < 1.29 is 9.59 Å². The Labute approximate surface area is 240 Å². The third-order valence-corrected chi connectivity index (χ3v) is 9.44. The molecule has 0 saturated carbocycles. The number of amides is 2. The van der Waals surface area contributed by atoms with Crippen molar-refractivity contribution in [2.75, 3.05) is 62.7 Å². The van der Waals surface area contributed by atoms with E-state index in [1.54, 1.807) is 0 Å². The molecule has 8 heteroatoms. The highest BCUT2D eigenvalue weighted by molar-refractivity contribution is 6.01. The summed E-state index contributed by atoms with van der Waals surface area (Å²) < 4.78 is 0. The molecule has 8 nitrogen and oxygen atoms in total. The fourth-order valence-electron chi connectivity index (χ4n) is 6.70. The van der Waals surface area contributed by atoms with Crippen LogP contribution in [0.15, 0.2) is 72.9 Å². The molecule has 210 valence electrons. The van der Waals surface area contributed by atoms with Crippen molar-refractivity contribution in [3.63, 3.8) is 0 Å². The number of benzene rings is 3. The highest BCUT2D eigenvalue weighted by Gasteiger charge is 2.49. The Morgan fingerprint density at radius 2 is 1.54 bits per heavy atom. The Morgan fingerprint density at radius 3 is 2.32 bits per heavy atom. The molecule has 4 aromatic rings. The van der Waals surface area contributed by atoms with Crippen molar-refractivity contribution >= 4 is 34.1 Å². The minimum atomic E-state index is -0.382. The van der Waals surface area contributed by atoms with Gasteiger partial charge in [0.05, 0.1) is 17.1 Å². The van der Waals surface area contributed by atoms with E-state index in [1.807, 2.05) is 40.3 Å². The van der Waals surface area contributed by atoms with E-state index in [-0.39, 0.29) is 17.2 Å². The summed E-state index contributed by atoms with van der Waals surface area (Å²) in [7, 11) is 2.15. The van der Waals surface area contributed by atoms with Crippen molar-refractivity contribution in [1.82, 2.24) is 20.0 Å². The van der Waals surface area contributed by atoms with Gasteiger partial charge in [-0.3, -0.25) is 14.7 Å². The minimum absolute atomic E-state index is 0.0639. The van der Waals surface area contributed by atoms with E-state index in [4.69, 9.17) is 0 Å². The highest BCUT2D eigenvalue weighted by atomic mass is 16.2. The normalized spacial score (nSPS) is 19.4. The van der Waals surface area contributed by atoms with Gasteiger partial charge in [-0.25, -0.2) is 0 Å². The summed E-state index contributed by atoms with van der Waals surface area (Å²) in [4.78, 5) is 35.8. The zero-order valence-corrected chi connectivity index (χ0v) is 23.6. The molecule has 0 atom stereocenters. The first-order valence-electron chi connectivity index (χ1n) is 14.7. The molecule has 41 heavy (non-hydrogen) atoms. The van der Waals surface area contributed by atoms with Gasteiger partial charge >= 0.3 is 0 Å². The fourth-order valence-corrected chi connectivity index (χ4v) is 6.70. The summed E-state index contributed by atoms with van der Waals surface area (Å²) in [6.45, 7) is 6.07. The van der Waals surface area contributed by atoms with Crippen molar-refractivity contribution in [2.45, 2.75) is 19.3 Å². The number of likely N-dealkylation sites (N-methyl/N-ethyl adjacent to an activating group) is 1. The number of carbonyl (C=O) groups excluding carboxylic acids is 2. The zero-order chi connectivity index (χ0) is 28.0. The van der Waals surface area contributed by atoms with E-state index in [2.05, 4.69) is 69.5 Å². The Morgan fingerprint density at radius 1 is 0.805 bits per heavy atom. The molecule has 4 heterocycles. The fraction of sp³-hybridized carbons (Fsp3) is 0.364. The van der Waals surface area contributed by atoms with Crippen LogP contribution in [0, 0.1) is 5.41 Å². The monoisotopic (exact) mass is 548 g/mol. The second kappa shape index (κ2) is 10.3. The number of aromatic amines is 1. The lowest BCUT2D eigenvalue weighted by atomic mass is 9.77. The number of piperidine rings is 1. The number of hydrogen-bond acceptors (Lipinski definition) is 5. The van der Waals surface area contributed by atoms with Crippen LogP contribution in [0.2, 0.25) is 0 Å². The summed E-state index contributed by atoms with van der Waals surface area (Å²) in [5.74, 6) is 0.260. The van der Waals surface area contributed by atoms with Gasteiger partial charge in [-0.15, -0.1) is 0 Å². The van der Waals surface area contributed by atoms with Gasteiger partial charge in [0.1, 0.15) is 0 Å². The van der Waals surface area contributed by atoms with Crippen molar-refractivity contribution in [3.05, 3.63) is 78.5 Å². The Balaban J connectivity index is 1.00. The predicted molar refractivity (Wildman–Crippen MR) is 162 cm³/mol. The number of nitrogens with one attached hydrogen (secondary N) is 1. The van der Waals surface area contributed by atoms with E-state index in [0.29, 0.717) is 32.5 Å². The Bertz CT molecular complexity index is 1580. The highest BCUT2D eigenvalue weighted by Crippen LogP contribution is 2.44. The predicted octanol–water partition coefficient (Wildman–Crippen LogP) is 4.64. The smallest absolute Gasteiger partial charge is 0.253 e. The molecule has 0 bridgehead atoms. The maximum atomic E-state index is 13.8. The van der Waals surface area contributed by atoms with Crippen LogP contribution in [0.5, 0.6) is 0 Å². The molecule has 0 radical (unpaired) electrons. The van der Waals surface area contributed by atoms with Crippen LogP contribution in [-0.4, -0.2) is 84.7 Å². The number of H-pyrrole nitrogens is 1. The number of likely N-dealkylation sites (tertiary alicyclic amines) is 1. The van der Waals surface area contributed by atoms with Gasteiger partial charge in [-0.2, -0.15) is 5.10 Å². The van der Waals surface area contributed by atoms with E-state index in [9.17, 15) is 9.59 Å².